The van der Waals surface area contributed by atoms with Crippen LogP contribution in [-0.2, 0) is 0 Å². The first-order valence-corrected chi connectivity index (χ1v) is 5.39. The van der Waals surface area contributed by atoms with Crippen LogP contribution >= 0.6 is 8.20 Å². The highest BCUT2D eigenvalue weighted by Crippen LogP contribution is 2.36. The van der Waals surface area contributed by atoms with Gasteiger partial charge in [0.1, 0.15) is 0 Å². The van der Waals surface area contributed by atoms with E-state index in [2.05, 4.69) is 32.1 Å². The number of fused-ring (bicyclic) bond motifs is 1. The van der Waals surface area contributed by atoms with E-state index in [1.165, 1.54) is 37.5 Å². The molecule has 2 aliphatic rings. The molecule has 0 spiro atoms. The fourth-order valence-electron chi connectivity index (χ4n) is 1.61. The Bertz CT molecular complexity index is 327. The van der Waals surface area contributed by atoms with E-state index >= 15 is 0 Å². The Labute approximate surface area is 75.5 Å². The fourth-order valence-corrected chi connectivity index (χ4v) is 2.96. The molecule has 0 saturated carbocycles. The molecule has 0 amide bonds. The molecule has 12 heavy (non-hydrogen) atoms. The van der Waals surface area contributed by atoms with Crippen LogP contribution in [0.25, 0.3) is 0 Å². The van der Waals surface area contributed by atoms with Crippen LogP contribution < -0.4 is 0 Å². The van der Waals surface area contributed by atoms with Crippen LogP contribution in [0.4, 0.5) is 0 Å². The van der Waals surface area contributed by atoms with Crippen LogP contribution in [0.5, 0.6) is 0 Å². The van der Waals surface area contributed by atoms with Gasteiger partial charge in [-0.3, -0.25) is 0 Å². The molecular weight excluding hydrogens is 163 g/mol. The van der Waals surface area contributed by atoms with Crippen molar-refractivity contribution in [2.75, 3.05) is 0 Å². The Morgan fingerprint density at radius 2 is 2.17 bits per heavy atom. The zero-order valence-electron chi connectivity index (χ0n) is 7.59. The third-order valence-electron chi connectivity index (χ3n) is 2.27. The van der Waals surface area contributed by atoms with Crippen molar-refractivity contribution >= 4 is 13.5 Å². The molecule has 0 N–H and O–H groups in total. The molecule has 0 bridgehead atoms. The van der Waals surface area contributed by atoms with Crippen LogP contribution in [0.2, 0.25) is 0 Å². The van der Waals surface area contributed by atoms with Crippen LogP contribution in [0.1, 0.15) is 26.7 Å². The standard InChI is InChI=1S/C11H13P/c1-3-4-9-7-10-8(2)5-6-11(10)12-9/h5-7H,3-4H2,1-2H3. The lowest BCUT2D eigenvalue weighted by Crippen LogP contribution is -1.84. The lowest BCUT2D eigenvalue weighted by Gasteiger charge is -1.92. The maximum atomic E-state index is 2.37. The van der Waals surface area contributed by atoms with Crippen molar-refractivity contribution < 1.29 is 0 Å². The molecule has 0 saturated heterocycles. The lowest BCUT2D eigenvalue weighted by atomic mass is 10.1. The molecule has 1 aliphatic carbocycles. The van der Waals surface area contributed by atoms with Gasteiger partial charge in [0.05, 0.1) is 0 Å². The van der Waals surface area contributed by atoms with E-state index in [4.69, 9.17) is 0 Å². The topological polar surface area (TPSA) is 0 Å². The average molecular weight is 176 g/mol. The highest BCUT2D eigenvalue weighted by atomic mass is 31.1. The van der Waals surface area contributed by atoms with Gasteiger partial charge in [0, 0.05) is 5.29 Å². The van der Waals surface area contributed by atoms with Crippen molar-refractivity contribution in [1.82, 2.24) is 0 Å². The van der Waals surface area contributed by atoms with E-state index in [-0.39, 0.29) is 0 Å². The van der Waals surface area contributed by atoms with Gasteiger partial charge < -0.3 is 0 Å². The van der Waals surface area contributed by atoms with E-state index in [0.717, 1.165) is 0 Å². The second-order valence-electron chi connectivity index (χ2n) is 3.31. The molecule has 1 aliphatic heterocycles. The van der Waals surface area contributed by atoms with Gasteiger partial charge in [-0.25, -0.2) is 0 Å². The lowest BCUT2D eigenvalue weighted by molar-refractivity contribution is 0.947. The highest BCUT2D eigenvalue weighted by molar-refractivity contribution is 7.47. The van der Waals surface area contributed by atoms with Crippen molar-refractivity contribution in [2.24, 2.45) is 0 Å². The zero-order valence-corrected chi connectivity index (χ0v) is 8.49. The molecule has 0 fully saturated rings. The Kier molecular flexibility index (Phi) is 2.02. The van der Waals surface area contributed by atoms with Gasteiger partial charge in [-0.2, -0.15) is 0 Å². The first-order chi connectivity index (χ1) is 5.81. The maximum Gasteiger partial charge on any atom is 0.00958 e. The number of hydrogen-bond acceptors (Lipinski definition) is 0. The van der Waals surface area contributed by atoms with Crippen LogP contribution in [0.3, 0.4) is 0 Å². The third-order valence-corrected chi connectivity index (χ3v) is 3.54. The number of rotatable bonds is 2. The Morgan fingerprint density at radius 1 is 1.33 bits per heavy atom. The Hall–Kier alpha value is -0.610. The third kappa shape index (κ3) is 1.21. The summed E-state index contributed by atoms with van der Waals surface area (Å²) in [7, 11) is 1.45. The molecule has 0 aromatic heterocycles. The second kappa shape index (κ2) is 3.03. The van der Waals surface area contributed by atoms with Gasteiger partial charge in [-0.1, -0.05) is 27.6 Å². The van der Waals surface area contributed by atoms with Gasteiger partial charge in [0.15, 0.2) is 0 Å². The summed E-state index contributed by atoms with van der Waals surface area (Å²) in [5, 5.41) is 3.10. The van der Waals surface area contributed by atoms with Crippen LogP contribution in [0.15, 0.2) is 34.7 Å². The minimum absolute atomic E-state index is 1.26. The van der Waals surface area contributed by atoms with Crippen LogP contribution in [0, 0.1) is 0 Å². The minimum Gasteiger partial charge on any atom is -0.0651 e. The van der Waals surface area contributed by atoms with E-state index in [0.29, 0.717) is 0 Å². The highest BCUT2D eigenvalue weighted by Gasteiger charge is 2.15. The van der Waals surface area contributed by atoms with Gasteiger partial charge in [0.2, 0.25) is 0 Å². The summed E-state index contributed by atoms with van der Waals surface area (Å²) in [6.07, 6.45) is 9.37. The van der Waals surface area contributed by atoms with Gasteiger partial charge in [-0.15, -0.1) is 0 Å². The summed E-state index contributed by atoms with van der Waals surface area (Å²) in [6, 6.07) is 0. The summed E-state index contributed by atoms with van der Waals surface area (Å²) in [5.74, 6) is 0. The van der Waals surface area contributed by atoms with E-state index in [1.54, 1.807) is 5.31 Å². The Morgan fingerprint density at radius 3 is 2.83 bits per heavy atom. The molecule has 0 atom stereocenters. The van der Waals surface area contributed by atoms with Crippen molar-refractivity contribution in [1.29, 1.82) is 0 Å². The van der Waals surface area contributed by atoms with Gasteiger partial charge in [0.25, 0.3) is 0 Å². The van der Waals surface area contributed by atoms with Crippen molar-refractivity contribution in [3.63, 3.8) is 0 Å². The maximum absolute atomic E-state index is 2.37. The number of hydrogen-bond donors (Lipinski definition) is 0. The second-order valence-corrected chi connectivity index (χ2v) is 4.59. The minimum atomic E-state index is 1.26. The Balaban J connectivity index is 2.28. The monoisotopic (exact) mass is 176 g/mol. The predicted molar refractivity (Wildman–Crippen MR) is 56.8 cm³/mol. The van der Waals surface area contributed by atoms with E-state index in [1.807, 2.05) is 0 Å². The van der Waals surface area contributed by atoms with Gasteiger partial charge >= 0.3 is 0 Å². The molecule has 62 valence electrons. The first kappa shape index (κ1) is 8.01. The molecule has 2 rings (SSSR count). The summed E-state index contributed by atoms with van der Waals surface area (Å²) in [4.78, 5) is 0. The smallest absolute Gasteiger partial charge is 0.00958 e. The quantitative estimate of drug-likeness (QED) is 0.563. The predicted octanol–water partition coefficient (Wildman–Crippen LogP) is 3.69. The molecule has 0 radical (unpaired) electrons. The molecular formula is C11H13P. The zero-order chi connectivity index (χ0) is 8.55. The molecule has 1 heterocycles. The largest absolute Gasteiger partial charge is 0.0651 e. The number of allylic oxidation sites excluding steroid dienone is 6. The van der Waals surface area contributed by atoms with Gasteiger partial charge in [-0.05, 0) is 42.0 Å². The summed E-state index contributed by atoms with van der Waals surface area (Å²) >= 11 is 0. The van der Waals surface area contributed by atoms with Crippen molar-refractivity contribution in [3.8, 4) is 0 Å². The van der Waals surface area contributed by atoms with Crippen LogP contribution in [-0.4, -0.2) is 5.29 Å². The summed E-state index contributed by atoms with van der Waals surface area (Å²) in [6.45, 7) is 4.44. The molecule has 0 nitrogen and oxygen atoms in total. The summed E-state index contributed by atoms with van der Waals surface area (Å²) in [5.41, 5.74) is 2.92. The average Bonchev–Trinajstić information content (AvgIpc) is 2.55. The SMILES string of the molecule is CCCC1=CC2=C(C)C=CC2=P1. The molecule has 0 aromatic carbocycles. The van der Waals surface area contributed by atoms with E-state index < -0.39 is 0 Å². The van der Waals surface area contributed by atoms with E-state index in [9.17, 15) is 0 Å². The van der Waals surface area contributed by atoms with Crippen molar-refractivity contribution in [3.05, 3.63) is 34.7 Å². The molecule has 0 aromatic rings. The first-order valence-electron chi connectivity index (χ1n) is 4.50. The fraction of sp³-hybridized carbons (Fsp3) is 0.364. The molecule has 1 heteroatoms. The normalized spacial score (nSPS) is 21.2. The molecule has 0 unspecified atom stereocenters. The summed E-state index contributed by atoms with van der Waals surface area (Å²) < 4.78 is 0. The van der Waals surface area contributed by atoms with Crippen molar-refractivity contribution in [2.45, 2.75) is 26.7 Å².